The van der Waals surface area contributed by atoms with Crippen molar-refractivity contribution in [3.05, 3.63) is 94.1 Å². The summed E-state index contributed by atoms with van der Waals surface area (Å²) in [6.45, 7) is 3.64. The third kappa shape index (κ3) is 7.15. The monoisotopic (exact) mass is 808 g/mol. The number of rotatable bonds is 9. The summed E-state index contributed by atoms with van der Waals surface area (Å²) in [4.78, 5) is 25.2. The minimum Gasteiger partial charge on any atom is -0.397 e. The SMILES string of the molecule is Cc1cc(-c2ccc(N/N=C3\C=Cc4c(S(=O)(=O)O)cc(SO)c(N)c4C3=O)c(C)c2)ccc1N/N=C1/C=Cc2c(S(=O)(=O)O)cc(SO)c(N)c2C1=O. The molecule has 16 nitrogen and oxygen atoms in total. The van der Waals surface area contributed by atoms with E-state index in [1.54, 1.807) is 12.1 Å². The summed E-state index contributed by atoms with van der Waals surface area (Å²) in [7, 11) is -9.50. The molecule has 2 aliphatic carbocycles. The molecule has 0 heterocycles. The van der Waals surface area contributed by atoms with Gasteiger partial charge in [-0.1, -0.05) is 24.3 Å². The summed E-state index contributed by atoms with van der Waals surface area (Å²) in [5.74, 6) is -1.44. The van der Waals surface area contributed by atoms with Crippen LogP contribution in [0.5, 0.6) is 0 Å². The number of hydrazone groups is 2. The van der Waals surface area contributed by atoms with Crippen LogP contribution < -0.4 is 22.3 Å². The lowest BCUT2D eigenvalue weighted by Gasteiger charge is -2.18. The van der Waals surface area contributed by atoms with E-state index in [1.165, 1.54) is 24.3 Å². The maximum atomic E-state index is 13.3. The highest BCUT2D eigenvalue weighted by atomic mass is 32.2. The number of allylic oxidation sites excluding steroid dienone is 2. The number of nitrogens with one attached hydrogen (secondary N) is 2. The van der Waals surface area contributed by atoms with Crippen LogP contribution in [0.25, 0.3) is 23.3 Å². The largest absolute Gasteiger partial charge is 0.397 e. The zero-order valence-corrected chi connectivity index (χ0v) is 31.1. The molecular weight excluding hydrogens is 781 g/mol. The standard InChI is InChI=1S/C34H28N6O10S4/c1-15-11-17(3-7-21(15)37-39-23-9-5-19-27(53(45,46)47)13-25(51-43)31(35)29(19)33(23)41)18-4-8-22(16(2)12-18)38-40-24-10-6-20-28(54(48,49)50)14-26(52-44)32(36)30(20)34(24)42/h3-14,37-38,43-44H,35-36H2,1-2H3,(H,45,46,47)(H,48,49,50)/b39-23-,40-24+. The molecule has 0 radical (unpaired) electrons. The zero-order valence-electron chi connectivity index (χ0n) is 27.8. The van der Waals surface area contributed by atoms with Crippen LogP contribution in [0.2, 0.25) is 0 Å². The van der Waals surface area contributed by atoms with Crippen molar-refractivity contribution >= 4 is 102 Å². The Bertz CT molecular complexity index is 2490. The van der Waals surface area contributed by atoms with Crippen molar-refractivity contribution in [2.45, 2.75) is 33.4 Å². The number of Topliss-reactive ketones (excluding diaryl/α,β-unsaturated/α-hetero) is 2. The fourth-order valence-corrected chi connectivity index (χ4v) is 8.14. The van der Waals surface area contributed by atoms with Gasteiger partial charge in [0.25, 0.3) is 20.2 Å². The van der Waals surface area contributed by atoms with Gasteiger partial charge in [-0.2, -0.15) is 27.0 Å². The third-order valence-electron chi connectivity index (χ3n) is 8.53. The smallest absolute Gasteiger partial charge is 0.295 e. The molecule has 0 spiro atoms. The van der Waals surface area contributed by atoms with Crippen LogP contribution in [0.3, 0.4) is 0 Å². The molecule has 0 saturated heterocycles. The first-order valence-electron chi connectivity index (χ1n) is 15.3. The highest BCUT2D eigenvalue weighted by Crippen LogP contribution is 2.38. The number of carbonyl (C=O) groups is 2. The maximum Gasteiger partial charge on any atom is 0.295 e. The molecule has 4 aromatic rings. The van der Waals surface area contributed by atoms with Crippen molar-refractivity contribution in [2.24, 2.45) is 10.2 Å². The number of hydrogen-bond donors (Lipinski definition) is 8. The Labute approximate surface area is 316 Å². The molecular formula is C34H28N6O10S4. The fraction of sp³-hybridized carbons (Fsp3) is 0.0588. The van der Waals surface area contributed by atoms with Crippen molar-refractivity contribution < 1.29 is 44.6 Å². The second-order valence-electron chi connectivity index (χ2n) is 11.9. The van der Waals surface area contributed by atoms with E-state index in [4.69, 9.17) is 11.5 Å². The van der Waals surface area contributed by atoms with Crippen molar-refractivity contribution in [3.8, 4) is 11.1 Å². The minimum absolute atomic E-state index is 0.101. The van der Waals surface area contributed by atoms with E-state index in [-0.39, 0.29) is 78.9 Å². The number of fused-ring (bicyclic) bond motifs is 2. The van der Waals surface area contributed by atoms with E-state index in [0.29, 0.717) is 11.4 Å². The first kappa shape index (κ1) is 38.4. The Morgan fingerprint density at radius 1 is 0.611 bits per heavy atom. The number of carbonyl (C=O) groups excluding carboxylic acids is 2. The summed E-state index contributed by atoms with van der Waals surface area (Å²) in [5, 5.41) is 8.41. The number of anilines is 4. The fourth-order valence-electron chi connectivity index (χ4n) is 5.82. The second kappa shape index (κ2) is 14.5. The van der Waals surface area contributed by atoms with E-state index in [1.807, 2.05) is 38.1 Å². The van der Waals surface area contributed by atoms with Gasteiger partial charge in [0.2, 0.25) is 11.6 Å². The number of nitrogens with two attached hydrogens (primary N) is 2. The average molecular weight is 809 g/mol. The second-order valence-corrected chi connectivity index (χ2v) is 15.9. The summed E-state index contributed by atoms with van der Waals surface area (Å²) < 4.78 is 86.4. The number of nitrogen functional groups attached to an aromatic ring is 2. The highest BCUT2D eigenvalue weighted by Gasteiger charge is 2.32. The molecule has 10 N–H and O–H groups in total. The van der Waals surface area contributed by atoms with Gasteiger partial charge in [-0.25, -0.2) is 0 Å². The van der Waals surface area contributed by atoms with Crippen molar-refractivity contribution in [3.63, 3.8) is 0 Å². The Balaban J connectivity index is 1.20. The van der Waals surface area contributed by atoms with Crippen molar-refractivity contribution in [1.82, 2.24) is 0 Å². The Hall–Kier alpha value is -5.32. The van der Waals surface area contributed by atoms with Gasteiger partial charge in [0.1, 0.15) is 21.2 Å². The van der Waals surface area contributed by atoms with Crippen LogP contribution in [0.4, 0.5) is 22.7 Å². The van der Waals surface area contributed by atoms with E-state index in [2.05, 4.69) is 21.1 Å². The van der Waals surface area contributed by atoms with Crippen LogP contribution in [0, 0.1) is 13.8 Å². The number of aryl methyl sites for hydroxylation is 2. The van der Waals surface area contributed by atoms with Crippen LogP contribution in [0.15, 0.2) is 90.5 Å². The zero-order chi connectivity index (χ0) is 39.3. The topological polar surface area (TPSA) is 284 Å². The molecule has 0 atom stereocenters. The number of nitrogens with zero attached hydrogens (tertiary/aromatic N) is 2. The summed E-state index contributed by atoms with van der Waals surface area (Å²) in [6.07, 6.45) is 5.15. The first-order valence-corrected chi connectivity index (χ1v) is 19.7. The summed E-state index contributed by atoms with van der Waals surface area (Å²) >= 11 is 0.269. The van der Waals surface area contributed by atoms with Crippen LogP contribution in [-0.2, 0) is 20.2 Å². The van der Waals surface area contributed by atoms with E-state index in [0.717, 1.165) is 34.4 Å². The molecule has 54 heavy (non-hydrogen) atoms. The summed E-state index contributed by atoms with van der Waals surface area (Å²) in [6, 6.07) is 12.9. The van der Waals surface area contributed by atoms with Crippen molar-refractivity contribution in [2.75, 3.05) is 22.3 Å². The van der Waals surface area contributed by atoms with Crippen LogP contribution in [-0.4, -0.2) is 58.0 Å². The lowest BCUT2D eigenvalue weighted by Crippen LogP contribution is -2.22. The van der Waals surface area contributed by atoms with Gasteiger partial charge in [-0.05, 0) is 84.7 Å². The van der Waals surface area contributed by atoms with E-state index < -0.39 is 41.6 Å². The molecule has 4 aromatic carbocycles. The molecule has 6 rings (SSSR count). The van der Waals surface area contributed by atoms with E-state index in [9.17, 15) is 44.6 Å². The molecule has 0 unspecified atom stereocenters. The van der Waals surface area contributed by atoms with Gasteiger partial charge in [0, 0.05) is 35.2 Å². The molecule has 20 heteroatoms. The Morgan fingerprint density at radius 3 is 1.30 bits per heavy atom. The number of ketones is 2. The molecule has 0 bridgehead atoms. The van der Waals surface area contributed by atoms with Crippen LogP contribution >= 0.6 is 24.1 Å². The van der Waals surface area contributed by atoms with E-state index >= 15 is 0 Å². The summed E-state index contributed by atoms with van der Waals surface area (Å²) in [5.41, 5.74) is 20.9. The lowest BCUT2D eigenvalue weighted by molar-refractivity contribution is 0.105. The van der Waals surface area contributed by atoms with Gasteiger partial charge < -0.3 is 20.6 Å². The highest BCUT2D eigenvalue weighted by molar-refractivity contribution is 7.94. The number of benzene rings is 4. The van der Waals surface area contributed by atoms with Gasteiger partial charge in [-0.15, -0.1) is 0 Å². The normalized spacial score (nSPS) is 15.4. The lowest BCUT2D eigenvalue weighted by atomic mass is 9.93. The molecule has 0 saturated carbocycles. The van der Waals surface area contributed by atoms with Gasteiger partial charge in [0.15, 0.2) is 0 Å². The van der Waals surface area contributed by atoms with Crippen LogP contribution in [0.1, 0.15) is 43.0 Å². The Morgan fingerprint density at radius 2 is 0.981 bits per heavy atom. The average Bonchev–Trinajstić information content (AvgIpc) is 3.11. The quantitative estimate of drug-likeness (QED) is 0.0409. The van der Waals surface area contributed by atoms with Gasteiger partial charge in [0.05, 0.1) is 43.7 Å². The third-order valence-corrected chi connectivity index (χ3v) is 11.4. The maximum absolute atomic E-state index is 13.3. The Kier molecular flexibility index (Phi) is 10.3. The predicted molar refractivity (Wildman–Crippen MR) is 209 cm³/mol. The predicted octanol–water partition coefficient (Wildman–Crippen LogP) is 6.11. The van der Waals surface area contributed by atoms with Gasteiger partial charge in [-0.3, -0.25) is 29.5 Å². The molecule has 278 valence electrons. The first-order chi connectivity index (χ1) is 25.4. The molecule has 0 fully saturated rings. The van der Waals surface area contributed by atoms with Crippen molar-refractivity contribution in [1.29, 1.82) is 0 Å². The molecule has 0 aromatic heterocycles. The van der Waals surface area contributed by atoms with Gasteiger partial charge >= 0.3 is 0 Å². The minimum atomic E-state index is -4.75. The molecule has 2 aliphatic rings. The number of hydrogen-bond acceptors (Lipinski definition) is 16. The molecule has 0 amide bonds. The molecule has 0 aliphatic heterocycles.